The molecule has 1 N–H and O–H groups in total. The minimum atomic E-state index is -1.22. The highest BCUT2D eigenvalue weighted by Gasteiger charge is 2.49. The molecule has 0 bridgehead atoms. The summed E-state index contributed by atoms with van der Waals surface area (Å²) in [6.07, 6.45) is 1.85. The Bertz CT molecular complexity index is 933. The quantitative estimate of drug-likeness (QED) is 0.737. The van der Waals surface area contributed by atoms with Crippen molar-refractivity contribution in [1.82, 2.24) is 0 Å². The maximum Gasteiger partial charge on any atom is 0.308 e. The van der Waals surface area contributed by atoms with Crippen LogP contribution in [0.4, 0.5) is 8.78 Å². The van der Waals surface area contributed by atoms with Gasteiger partial charge in [0, 0.05) is 5.56 Å². The van der Waals surface area contributed by atoms with E-state index in [9.17, 15) is 23.5 Å². The topological polar surface area (TPSA) is 72.8 Å². The first-order valence-corrected chi connectivity index (χ1v) is 10.2. The normalized spacial score (nSPS) is 26.4. The van der Waals surface area contributed by atoms with Gasteiger partial charge >= 0.3 is 11.9 Å². The predicted octanol–water partition coefficient (Wildman–Crippen LogP) is 4.09. The van der Waals surface area contributed by atoms with Gasteiger partial charge in [-0.25, -0.2) is 8.78 Å². The van der Waals surface area contributed by atoms with Crippen LogP contribution >= 0.6 is 0 Å². The number of benzene rings is 2. The summed E-state index contributed by atoms with van der Waals surface area (Å²) >= 11 is 0. The molecule has 4 rings (SSSR count). The van der Waals surface area contributed by atoms with E-state index in [1.807, 2.05) is 6.07 Å². The maximum atomic E-state index is 13.4. The molecule has 31 heavy (non-hydrogen) atoms. The lowest BCUT2D eigenvalue weighted by Crippen LogP contribution is -2.45. The summed E-state index contributed by atoms with van der Waals surface area (Å²) in [6.45, 7) is 0. The lowest BCUT2D eigenvalue weighted by atomic mass is 9.67. The molecule has 0 amide bonds. The fraction of sp³-hybridized carbons (Fsp3) is 0.417. The molecule has 2 saturated carbocycles. The molecule has 2 fully saturated rings. The second kappa shape index (κ2) is 9.56. The molecule has 2 aliphatic carbocycles. The van der Waals surface area contributed by atoms with Gasteiger partial charge in [0.15, 0.2) is 0 Å². The van der Waals surface area contributed by atoms with Crippen LogP contribution in [0.15, 0.2) is 48.5 Å². The lowest BCUT2D eigenvalue weighted by molar-refractivity contribution is -0.163. The first-order chi connectivity index (χ1) is 14.8. The van der Waals surface area contributed by atoms with E-state index >= 15 is 0 Å². The molecule has 0 heterocycles. The molecule has 5 nitrogen and oxygen atoms in total. The Morgan fingerprint density at radius 3 is 1.94 bits per heavy atom. The fourth-order valence-electron chi connectivity index (χ4n) is 4.18. The molecule has 0 atom stereocenters. The standard InChI is InChI=1S/C12H13FO3.C12H13FO2/c1-16-11(14)8-6-12(15,7-8)9-4-2-3-5-10(9)13;1-15-12(14)9-6-8(7-9)10-4-2-3-5-11(10)13/h2-5,8,15H,6-7H2,1H3;2-5,8-9H,6-7H2,1H3. The van der Waals surface area contributed by atoms with E-state index in [1.165, 1.54) is 26.4 Å². The van der Waals surface area contributed by atoms with Crippen molar-refractivity contribution in [2.45, 2.75) is 37.2 Å². The summed E-state index contributed by atoms with van der Waals surface area (Å²) in [4.78, 5) is 22.3. The molecule has 0 aromatic heterocycles. The van der Waals surface area contributed by atoms with Gasteiger partial charge in [0.1, 0.15) is 11.6 Å². The number of carbonyl (C=O) groups excluding carboxylic acids is 2. The minimum Gasteiger partial charge on any atom is -0.469 e. The Morgan fingerprint density at radius 1 is 0.871 bits per heavy atom. The summed E-state index contributed by atoms with van der Waals surface area (Å²) in [5.41, 5.74) is -0.239. The average Bonchev–Trinajstić information content (AvgIpc) is 2.72. The SMILES string of the molecule is COC(=O)C1CC(O)(c2ccccc2F)C1.COC(=O)C1CC(c2ccccc2F)C1. The van der Waals surface area contributed by atoms with Crippen LogP contribution in [0, 0.1) is 23.5 Å². The number of hydrogen-bond acceptors (Lipinski definition) is 5. The maximum absolute atomic E-state index is 13.4. The zero-order valence-electron chi connectivity index (χ0n) is 17.5. The molecule has 2 aromatic rings. The Labute approximate surface area is 180 Å². The molecule has 0 spiro atoms. The summed E-state index contributed by atoms with van der Waals surface area (Å²) < 4.78 is 36.0. The van der Waals surface area contributed by atoms with Crippen molar-refractivity contribution in [3.63, 3.8) is 0 Å². The number of hydrogen-bond donors (Lipinski definition) is 1. The van der Waals surface area contributed by atoms with Crippen molar-refractivity contribution >= 4 is 11.9 Å². The van der Waals surface area contributed by atoms with Crippen molar-refractivity contribution in [2.75, 3.05) is 14.2 Å². The Balaban J connectivity index is 0.000000176. The van der Waals surface area contributed by atoms with Gasteiger partial charge in [0.2, 0.25) is 0 Å². The summed E-state index contributed by atoms with van der Waals surface area (Å²) in [6, 6.07) is 12.8. The van der Waals surface area contributed by atoms with Gasteiger partial charge in [0.25, 0.3) is 0 Å². The smallest absolute Gasteiger partial charge is 0.308 e. The third-order valence-corrected chi connectivity index (χ3v) is 6.10. The number of rotatable bonds is 4. The number of aliphatic hydroxyl groups is 1. The number of halogens is 2. The van der Waals surface area contributed by atoms with Crippen LogP contribution in [-0.2, 0) is 24.7 Å². The molecule has 2 aliphatic rings. The first-order valence-electron chi connectivity index (χ1n) is 10.2. The van der Waals surface area contributed by atoms with E-state index in [1.54, 1.807) is 30.3 Å². The molecule has 2 aromatic carbocycles. The van der Waals surface area contributed by atoms with E-state index in [-0.39, 0.29) is 53.9 Å². The summed E-state index contributed by atoms with van der Waals surface area (Å²) in [5, 5.41) is 10.1. The lowest BCUT2D eigenvalue weighted by Gasteiger charge is -2.42. The van der Waals surface area contributed by atoms with Crippen LogP contribution < -0.4 is 0 Å². The fourth-order valence-corrected chi connectivity index (χ4v) is 4.18. The van der Waals surface area contributed by atoms with Gasteiger partial charge in [-0.3, -0.25) is 9.59 Å². The van der Waals surface area contributed by atoms with Gasteiger partial charge in [0.05, 0.1) is 31.7 Å². The van der Waals surface area contributed by atoms with E-state index in [0.717, 1.165) is 5.56 Å². The zero-order valence-corrected chi connectivity index (χ0v) is 17.5. The zero-order chi connectivity index (χ0) is 22.6. The Hall–Kier alpha value is -2.80. The summed E-state index contributed by atoms with van der Waals surface area (Å²) in [5.74, 6) is -1.33. The molecule has 0 radical (unpaired) electrons. The predicted molar refractivity (Wildman–Crippen MR) is 109 cm³/mol. The number of esters is 2. The van der Waals surface area contributed by atoms with E-state index in [4.69, 9.17) is 0 Å². The number of carbonyl (C=O) groups is 2. The van der Waals surface area contributed by atoms with Crippen LogP contribution in [0.5, 0.6) is 0 Å². The third kappa shape index (κ3) is 4.93. The minimum absolute atomic E-state index is 0.0420. The van der Waals surface area contributed by atoms with Crippen LogP contribution in [0.2, 0.25) is 0 Å². The third-order valence-electron chi connectivity index (χ3n) is 6.10. The Morgan fingerprint density at radius 2 is 1.39 bits per heavy atom. The van der Waals surface area contributed by atoms with Gasteiger partial charge in [-0.1, -0.05) is 36.4 Å². The second-order valence-corrected chi connectivity index (χ2v) is 8.05. The van der Waals surface area contributed by atoms with Crippen molar-refractivity contribution in [3.05, 3.63) is 71.3 Å². The molecule has 166 valence electrons. The van der Waals surface area contributed by atoms with Crippen molar-refractivity contribution in [1.29, 1.82) is 0 Å². The van der Waals surface area contributed by atoms with Gasteiger partial charge in [-0.15, -0.1) is 0 Å². The van der Waals surface area contributed by atoms with Gasteiger partial charge in [-0.2, -0.15) is 0 Å². The molecule has 0 unspecified atom stereocenters. The van der Waals surface area contributed by atoms with Crippen molar-refractivity contribution in [3.8, 4) is 0 Å². The van der Waals surface area contributed by atoms with E-state index < -0.39 is 11.4 Å². The second-order valence-electron chi connectivity index (χ2n) is 8.05. The Kier molecular flexibility index (Phi) is 7.05. The van der Waals surface area contributed by atoms with Gasteiger partial charge < -0.3 is 14.6 Å². The van der Waals surface area contributed by atoms with Gasteiger partial charge in [-0.05, 0) is 49.3 Å². The molecule has 0 saturated heterocycles. The van der Waals surface area contributed by atoms with Crippen LogP contribution in [-0.4, -0.2) is 31.3 Å². The number of ether oxygens (including phenoxy) is 2. The monoisotopic (exact) mass is 432 g/mol. The highest BCUT2D eigenvalue weighted by Crippen LogP contribution is 2.46. The van der Waals surface area contributed by atoms with Crippen LogP contribution in [0.1, 0.15) is 42.7 Å². The van der Waals surface area contributed by atoms with Crippen molar-refractivity contribution in [2.24, 2.45) is 11.8 Å². The largest absolute Gasteiger partial charge is 0.469 e. The highest BCUT2D eigenvalue weighted by molar-refractivity contribution is 5.74. The average molecular weight is 432 g/mol. The first kappa shape index (κ1) is 22.9. The van der Waals surface area contributed by atoms with Crippen molar-refractivity contribution < 1.29 is 33.0 Å². The molecular weight excluding hydrogens is 406 g/mol. The number of methoxy groups -OCH3 is 2. The van der Waals surface area contributed by atoms with Crippen LogP contribution in [0.3, 0.4) is 0 Å². The van der Waals surface area contributed by atoms with E-state index in [0.29, 0.717) is 12.8 Å². The highest BCUT2D eigenvalue weighted by atomic mass is 19.1. The molecule has 7 heteroatoms. The molecular formula is C24H26F2O5. The van der Waals surface area contributed by atoms with E-state index in [2.05, 4.69) is 9.47 Å². The molecule has 0 aliphatic heterocycles. The summed E-state index contributed by atoms with van der Waals surface area (Å²) in [7, 11) is 2.70. The van der Waals surface area contributed by atoms with Crippen LogP contribution in [0.25, 0.3) is 0 Å².